The third-order valence-electron chi connectivity index (χ3n) is 5.12. The molecule has 1 heterocycles. The highest BCUT2D eigenvalue weighted by Gasteiger charge is 2.18. The van der Waals surface area contributed by atoms with E-state index >= 15 is 0 Å². The van der Waals surface area contributed by atoms with Gasteiger partial charge in [0.05, 0.1) is 0 Å². The van der Waals surface area contributed by atoms with Crippen LogP contribution in [0.4, 0.5) is 0 Å². The van der Waals surface area contributed by atoms with Crippen LogP contribution in [0.2, 0.25) is 0 Å². The summed E-state index contributed by atoms with van der Waals surface area (Å²) in [7, 11) is -1.50. The van der Waals surface area contributed by atoms with Gasteiger partial charge in [0.2, 0.25) is 0 Å². The smallest absolute Gasteiger partial charge is 0.423 e. The van der Waals surface area contributed by atoms with Crippen molar-refractivity contribution in [2.75, 3.05) is 0 Å². The van der Waals surface area contributed by atoms with Crippen molar-refractivity contribution in [2.24, 2.45) is 0 Å². The third-order valence-corrected chi connectivity index (χ3v) is 6.34. The Bertz CT molecular complexity index is 1290. The van der Waals surface area contributed by atoms with Crippen LogP contribution in [0, 0.1) is 0 Å². The van der Waals surface area contributed by atoms with Crippen LogP contribution in [0.25, 0.3) is 42.4 Å². The Labute approximate surface area is 167 Å². The van der Waals surface area contributed by atoms with Crippen LogP contribution >= 0.6 is 11.3 Å². The van der Waals surface area contributed by atoms with Crippen molar-refractivity contribution >= 4 is 44.1 Å². The first-order valence-electron chi connectivity index (χ1n) is 9.18. The van der Waals surface area contributed by atoms with Gasteiger partial charge < -0.3 is 10.0 Å². The molecule has 2 N–H and O–H groups in total. The summed E-state index contributed by atoms with van der Waals surface area (Å²) in [5.41, 5.74) is 4.80. The molecule has 0 amide bonds. The monoisotopic (exact) mass is 380 g/mol. The highest BCUT2D eigenvalue weighted by Crippen LogP contribution is 2.42. The van der Waals surface area contributed by atoms with Crippen molar-refractivity contribution in [1.82, 2.24) is 0 Å². The van der Waals surface area contributed by atoms with Gasteiger partial charge in [0.25, 0.3) is 0 Å². The molecule has 5 aromatic rings. The molecule has 4 heteroatoms. The average molecular weight is 380 g/mol. The molecule has 5 rings (SSSR count). The highest BCUT2D eigenvalue weighted by atomic mass is 32.1. The van der Waals surface area contributed by atoms with E-state index in [1.807, 2.05) is 30.3 Å². The fourth-order valence-electron chi connectivity index (χ4n) is 3.77. The molecule has 0 fully saturated rings. The summed E-state index contributed by atoms with van der Waals surface area (Å²) in [4.78, 5) is 0. The van der Waals surface area contributed by atoms with Crippen molar-refractivity contribution in [3.05, 3.63) is 91.0 Å². The molecule has 0 unspecified atom stereocenters. The Kier molecular flexibility index (Phi) is 4.25. The van der Waals surface area contributed by atoms with E-state index in [2.05, 4.69) is 54.6 Å². The second-order valence-corrected chi connectivity index (χ2v) is 7.88. The summed E-state index contributed by atoms with van der Waals surface area (Å²) < 4.78 is 2.47. The maximum absolute atomic E-state index is 9.74. The molecule has 134 valence electrons. The van der Waals surface area contributed by atoms with E-state index in [0.717, 1.165) is 22.3 Å². The first-order chi connectivity index (χ1) is 13.7. The summed E-state index contributed by atoms with van der Waals surface area (Å²) in [6.07, 6.45) is 0. The SMILES string of the molecule is OB(O)c1ccc(-c2ccccc2)c(-c2cccc3c2sc2ccccc23)c1. The van der Waals surface area contributed by atoms with Crippen LogP contribution in [-0.4, -0.2) is 17.2 Å². The summed E-state index contributed by atoms with van der Waals surface area (Å²) in [6.45, 7) is 0. The minimum absolute atomic E-state index is 0.493. The van der Waals surface area contributed by atoms with Crippen LogP contribution in [0.15, 0.2) is 91.0 Å². The van der Waals surface area contributed by atoms with Gasteiger partial charge in [-0.05, 0) is 28.2 Å². The van der Waals surface area contributed by atoms with Crippen molar-refractivity contribution in [2.45, 2.75) is 0 Å². The van der Waals surface area contributed by atoms with Crippen LogP contribution in [-0.2, 0) is 0 Å². The Morgan fingerprint density at radius 2 is 1.36 bits per heavy atom. The molecule has 0 bridgehead atoms. The lowest BCUT2D eigenvalue weighted by molar-refractivity contribution is 0.426. The molecule has 0 spiro atoms. The molecule has 1 aromatic heterocycles. The van der Waals surface area contributed by atoms with E-state index in [1.165, 1.54) is 20.2 Å². The normalized spacial score (nSPS) is 11.2. The fraction of sp³-hybridized carbons (Fsp3) is 0. The predicted octanol–water partition coefficient (Wildman–Crippen LogP) is 5.07. The molecule has 0 aliphatic rings. The van der Waals surface area contributed by atoms with Gasteiger partial charge in [-0.3, -0.25) is 0 Å². The minimum Gasteiger partial charge on any atom is -0.423 e. The Morgan fingerprint density at radius 1 is 0.607 bits per heavy atom. The zero-order chi connectivity index (χ0) is 19.1. The lowest BCUT2D eigenvalue weighted by Crippen LogP contribution is -2.29. The molecule has 28 heavy (non-hydrogen) atoms. The lowest BCUT2D eigenvalue weighted by Gasteiger charge is -2.13. The molecule has 4 aromatic carbocycles. The maximum Gasteiger partial charge on any atom is 0.488 e. The van der Waals surface area contributed by atoms with Gasteiger partial charge in [0.15, 0.2) is 0 Å². The van der Waals surface area contributed by atoms with Gasteiger partial charge in [-0.1, -0.05) is 84.9 Å². The Balaban J connectivity index is 1.84. The van der Waals surface area contributed by atoms with Gasteiger partial charge in [-0.25, -0.2) is 0 Å². The second kappa shape index (κ2) is 6.91. The molecule has 0 atom stereocenters. The number of thiophene rings is 1. The summed E-state index contributed by atoms with van der Waals surface area (Å²) in [6, 6.07) is 30.7. The topological polar surface area (TPSA) is 40.5 Å². The molecular formula is C24H17BO2S. The number of fused-ring (bicyclic) bond motifs is 3. The van der Waals surface area contributed by atoms with E-state index in [4.69, 9.17) is 0 Å². The summed E-state index contributed by atoms with van der Waals surface area (Å²) in [5.74, 6) is 0. The van der Waals surface area contributed by atoms with E-state index < -0.39 is 7.12 Å². The molecule has 0 saturated carbocycles. The summed E-state index contributed by atoms with van der Waals surface area (Å²) in [5, 5.41) is 22.0. The van der Waals surface area contributed by atoms with Crippen LogP contribution < -0.4 is 5.46 Å². The van der Waals surface area contributed by atoms with E-state index in [1.54, 1.807) is 17.4 Å². The van der Waals surface area contributed by atoms with Crippen LogP contribution in [0.3, 0.4) is 0 Å². The van der Waals surface area contributed by atoms with Crippen LogP contribution in [0.5, 0.6) is 0 Å². The Morgan fingerprint density at radius 3 is 2.18 bits per heavy atom. The molecule has 0 radical (unpaired) electrons. The van der Waals surface area contributed by atoms with Crippen molar-refractivity contribution in [3.8, 4) is 22.3 Å². The first-order valence-corrected chi connectivity index (χ1v) is 10.00. The maximum atomic E-state index is 9.74. The van der Waals surface area contributed by atoms with Gasteiger partial charge in [0, 0.05) is 25.7 Å². The van der Waals surface area contributed by atoms with Gasteiger partial charge in [-0.15, -0.1) is 11.3 Å². The molecule has 0 aliphatic heterocycles. The van der Waals surface area contributed by atoms with E-state index in [0.29, 0.717) is 5.46 Å². The standard InChI is InChI=1S/C24H17BO2S/c26-25(27)17-13-14-18(16-7-2-1-3-8-16)22(15-17)21-11-6-10-20-19-9-4-5-12-23(19)28-24(20)21/h1-15,26-27H. The van der Waals surface area contributed by atoms with Gasteiger partial charge in [-0.2, -0.15) is 0 Å². The zero-order valence-electron chi connectivity index (χ0n) is 15.0. The number of rotatable bonds is 3. The van der Waals surface area contributed by atoms with Gasteiger partial charge >= 0.3 is 7.12 Å². The quantitative estimate of drug-likeness (QED) is 0.429. The zero-order valence-corrected chi connectivity index (χ0v) is 15.9. The van der Waals surface area contributed by atoms with E-state index in [-0.39, 0.29) is 0 Å². The molecule has 2 nitrogen and oxygen atoms in total. The third kappa shape index (κ3) is 2.83. The Hall–Kier alpha value is -2.92. The summed E-state index contributed by atoms with van der Waals surface area (Å²) >= 11 is 1.78. The molecule has 0 saturated heterocycles. The minimum atomic E-state index is -1.50. The van der Waals surface area contributed by atoms with E-state index in [9.17, 15) is 10.0 Å². The first kappa shape index (κ1) is 17.2. The average Bonchev–Trinajstić information content (AvgIpc) is 3.13. The molecular weight excluding hydrogens is 363 g/mol. The number of hydrogen-bond donors (Lipinski definition) is 2. The fourth-order valence-corrected chi connectivity index (χ4v) is 5.00. The van der Waals surface area contributed by atoms with Crippen LogP contribution in [0.1, 0.15) is 0 Å². The lowest BCUT2D eigenvalue weighted by atomic mass is 9.77. The largest absolute Gasteiger partial charge is 0.488 e. The highest BCUT2D eigenvalue weighted by molar-refractivity contribution is 7.26. The number of benzene rings is 4. The van der Waals surface area contributed by atoms with Crippen molar-refractivity contribution in [1.29, 1.82) is 0 Å². The van der Waals surface area contributed by atoms with Crippen molar-refractivity contribution in [3.63, 3.8) is 0 Å². The molecule has 0 aliphatic carbocycles. The second-order valence-electron chi connectivity index (χ2n) is 6.83. The predicted molar refractivity (Wildman–Crippen MR) is 120 cm³/mol. The van der Waals surface area contributed by atoms with Crippen molar-refractivity contribution < 1.29 is 10.0 Å². The number of hydrogen-bond acceptors (Lipinski definition) is 3. The van der Waals surface area contributed by atoms with Gasteiger partial charge in [0.1, 0.15) is 0 Å².